The van der Waals surface area contributed by atoms with Crippen molar-refractivity contribution in [2.45, 2.75) is 0 Å². The number of rotatable bonds is 2. The molecule has 1 aromatic heterocycles. The fourth-order valence-corrected chi connectivity index (χ4v) is 1.83. The van der Waals surface area contributed by atoms with E-state index in [2.05, 4.69) is 31.2 Å². The van der Waals surface area contributed by atoms with Crippen LogP contribution in [0.15, 0.2) is 29.0 Å². The topological polar surface area (TPSA) is 37.8 Å². The zero-order valence-corrected chi connectivity index (χ0v) is 12.0. The number of nitrogens with one attached hydrogen (secondary N) is 1. The molecule has 0 amide bonds. The zero-order valence-electron chi connectivity index (χ0n) is 8.22. The molecule has 0 bridgehead atoms. The normalized spacial score (nSPS) is 10.4. The molecule has 2 aromatic rings. The Morgan fingerprint density at radius 2 is 1.65 bits per heavy atom. The Balaban J connectivity index is 2.33. The van der Waals surface area contributed by atoms with Crippen molar-refractivity contribution < 1.29 is 8.78 Å². The summed E-state index contributed by atoms with van der Waals surface area (Å²) in [6, 6.07) is 2.33. The standard InChI is InChI=1S/C10H5BrF2IN3/c11-5-1-7(12)9(8(13)2-5)17-10-15-3-6(14)4-16-10/h1-4H,(H,15,16,17). The van der Waals surface area contributed by atoms with Crippen molar-refractivity contribution in [3.8, 4) is 0 Å². The van der Waals surface area contributed by atoms with E-state index in [4.69, 9.17) is 0 Å². The van der Waals surface area contributed by atoms with Crippen molar-refractivity contribution in [2.24, 2.45) is 0 Å². The van der Waals surface area contributed by atoms with E-state index in [1.54, 1.807) is 12.4 Å². The second-order valence-electron chi connectivity index (χ2n) is 3.09. The zero-order chi connectivity index (χ0) is 12.4. The van der Waals surface area contributed by atoms with Gasteiger partial charge in [0.1, 0.15) is 5.69 Å². The van der Waals surface area contributed by atoms with Crippen LogP contribution in [-0.4, -0.2) is 9.97 Å². The fourth-order valence-electron chi connectivity index (χ4n) is 1.15. The summed E-state index contributed by atoms with van der Waals surface area (Å²) >= 11 is 5.04. The summed E-state index contributed by atoms with van der Waals surface area (Å²) in [4.78, 5) is 7.81. The second kappa shape index (κ2) is 5.21. The van der Waals surface area contributed by atoms with Crippen molar-refractivity contribution in [3.63, 3.8) is 0 Å². The van der Waals surface area contributed by atoms with Crippen LogP contribution in [0.4, 0.5) is 20.4 Å². The summed E-state index contributed by atoms with van der Waals surface area (Å²) in [7, 11) is 0. The molecule has 0 fully saturated rings. The van der Waals surface area contributed by atoms with E-state index in [9.17, 15) is 8.78 Å². The first kappa shape index (κ1) is 12.6. The van der Waals surface area contributed by atoms with Crippen LogP contribution in [0, 0.1) is 15.2 Å². The van der Waals surface area contributed by atoms with Crippen molar-refractivity contribution in [2.75, 3.05) is 5.32 Å². The lowest BCUT2D eigenvalue weighted by Gasteiger charge is -2.07. The monoisotopic (exact) mass is 411 g/mol. The Morgan fingerprint density at radius 1 is 1.12 bits per heavy atom. The van der Waals surface area contributed by atoms with E-state index in [-0.39, 0.29) is 11.6 Å². The van der Waals surface area contributed by atoms with Gasteiger partial charge in [-0.15, -0.1) is 0 Å². The van der Waals surface area contributed by atoms with Crippen LogP contribution in [0.5, 0.6) is 0 Å². The van der Waals surface area contributed by atoms with Crippen LogP contribution in [0.1, 0.15) is 0 Å². The molecule has 7 heteroatoms. The summed E-state index contributed by atoms with van der Waals surface area (Å²) < 4.78 is 28.1. The minimum absolute atomic E-state index is 0.144. The molecule has 17 heavy (non-hydrogen) atoms. The van der Waals surface area contributed by atoms with E-state index >= 15 is 0 Å². The maximum absolute atomic E-state index is 13.5. The van der Waals surface area contributed by atoms with Crippen molar-refractivity contribution in [1.29, 1.82) is 0 Å². The van der Waals surface area contributed by atoms with Crippen LogP contribution in [0.2, 0.25) is 0 Å². The molecule has 1 N–H and O–H groups in total. The highest BCUT2D eigenvalue weighted by atomic mass is 127. The van der Waals surface area contributed by atoms with Gasteiger partial charge in [0.05, 0.1) is 0 Å². The first-order chi connectivity index (χ1) is 8.06. The first-order valence-corrected chi connectivity index (χ1v) is 6.32. The van der Waals surface area contributed by atoms with Crippen LogP contribution in [0.3, 0.4) is 0 Å². The molecule has 1 aromatic carbocycles. The van der Waals surface area contributed by atoms with Crippen LogP contribution in [-0.2, 0) is 0 Å². The van der Waals surface area contributed by atoms with Gasteiger partial charge in [0.15, 0.2) is 11.6 Å². The molecule has 0 aliphatic rings. The highest BCUT2D eigenvalue weighted by molar-refractivity contribution is 14.1. The predicted octanol–water partition coefficient (Wildman–Crippen LogP) is 3.87. The quantitative estimate of drug-likeness (QED) is 0.762. The SMILES string of the molecule is Fc1cc(Br)cc(F)c1Nc1ncc(I)cn1. The molecule has 0 atom stereocenters. The molecule has 0 radical (unpaired) electrons. The summed E-state index contributed by atoms with van der Waals surface area (Å²) in [5.41, 5.74) is -0.269. The molecule has 0 saturated carbocycles. The van der Waals surface area contributed by atoms with Gasteiger partial charge in [-0.2, -0.15) is 0 Å². The number of anilines is 2. The average molecular weight is 412 g/mol. The highest BCUT2D eigenvalue weighted by Gasteiger charge is 2.11. The van der Waals surface area contributed by atoms with E-state index < -0.39 is 11.6 Å². The molecule has 88 valence electrons. The molecular weight excluding hydrogens is 407 g/mol. The van der Waals surface area contributed by atoms with Gasteiger partial charge in [0.2, 0.25) is 5.95 Å². The van der Waals surface area contributed by atoms with E-state index in [1.807, 2.05) is 22.6 Å². The average Bonchev–Trinajstić information content (AvgIpc) is 2.26. The maximum atomic E-state index is 13.5. The molecule has 1 heterocycles. The summed E-state index contributed by atoms with van der Waals surface area (Å²) in [6.07, 6.45) is 3.09. The minimum atomic E-state index is -0.709. The Kier molecular flexibility index (Phi) is 3.87. The van der Waals surface area contributed by atoms with Gasteiger partial charge in [-0.25, -0.2) is 18.7 Å². The van der Waals surface area contributed by atoms with Crippen LogP contribution in [0.25, 0.3) is 0 Å². The van der Waals surface area contributed by atoms with Gasteiger partial charge < -0.3 is 5.32 Å². The summed E-state index contributed by atoms with van der Waals surface area (Å²) in [5.74, 6) is -1.27. The summed E-state index contributed by atoms with van der Waals surface area (Å²) in [6.45, 7) is 0. The van der Waals surface area contributed by atoms with Gasteiger partial charge in [-0.3, -0.25) is 0 Å². The predicted molar refractivity (Wildman–Crippen MR) is 72.1 cm³/mol. The lowest BCUT2D eigenvalue weighted by Crippen LogP contribution is -2.01. The molecule has 0 aliphatic carbocycles. The Hall–Kier alpha value is -0.830. The minimum Gasteiger partial charge on any atom is -0.319 e. The van der Waals surface area contributed by atoms with Gasteiger partial charge in [0.25, 0.3) is 0 Å². The third-order valence-corrected chi connectivity index (χ3v) is 2.88. The molecular formula is C10H5BrF2IN3. The van der Waals surface area contributed by atoms with Gasteiger partial charge in [-0.05, 0) is 34.7 Å². The molecule has 2 rings (SSSR count). The number of halogens is 4. The molecule has 0 aliphatic heterocycles. The lowest BCUT2D eigenvalue weighted by atomic mass is 10.3. The number of benzene rings is 1. The lowest BCUT2D eigenvalue weighted by molar-refractivity contribution is 0.589. The maximum Gasteiger partial charge on any atom is 0.227 e. The van der Waals surface area contributed by atoms with E-state index in [0.717, 1.165) is 15.7 Å². The Labute approximate surface area is 118 Å². The van der Waals surface area contributed by atoms with Crippen LogP contribution >= 0.6 is 38.5 Å². The second-order valence-corrected chi connectivity index (χ2v) is 5.26. The fraction of sp³-hybridized carbons (Fsp3) is 0. The van der Waals surface area contributed by atoms with Crippen molar-refractivity contribution in [1.82, 2.24) is 9.97 Å². The number of hydrogen-bond donors (Lipinski definition) is 1. The first-order valence-electron chi connectivity index (χ1n) is 4.45. The number of hydrogen-bond acceptors (Lipinski definition) is 3. The Morgan fingerprint density at radius 3 is 2.18 bits per heavy atom. The van der Waals surface area contributed by atoms with Crippen LogP contribution < -0.4 is 5.32 Å². The van der Waals surface area contributed by atoms with Crippen molar-refractivity contribution >= 4 is 50.2 Å². The smallest absolute Gasteiger partial charge is 0.227 e. The molecule has 0 spiro atoms. The van der Waals surface area contributed by atoms with Gasteiger partial charge in [-0.1, -0.05) is 15.9 Å². The molecule has 3 nitrogen and oxygen atoms in total. The van der Waals surface area contributed by atoms with E-state index in [0.29, 0.717) is 4.47 Å². The van der Waals surface area contributed by atoms with Gasteiger partial charge in [0, 0.05) is 20.4 Å². The van der Waals surface area contributed by atoms with Gasteiger partial charge >= 0.3 is 0 Å². The third kappa shape index (κ3) is 3.09. The van der Waals surface area contributed by atoms with E-state index in [1.165, 1.54) is 0 Å². The Bertz CT molecular complexity index is 525. The largest absolute Gasteiger partial charge is 0.319 e. The molecule has 0 unspecified atom stereocenters. The highest BCUT2D eigenvalue weighted by Crippen LogP contribution is 2.25. The number of nitrogens with zero attached hydrogens (tertiary/aromatic N) is 2. The summed E-state index contributed by atoms with van der Waals surface area (Å²) in [5, 5.41) is 2.50. The number of aromatic nitrogens is 2. The third-order valence-electron chi connectivity index (χ3n) is 1.86. The van der Waals surface area contributed by atoms with Crippen molar-refractivity contribution in [3.05, 3.63) is 44.2 Å². The molecule has 0 saturated heterocycles.